The SMILES string of the molecule is Cc1cc(C(=O)CSc2nnc(-c3cccnc3)n2C)c(C)n1-c1ncn[nH]1. The Morgan fingerprint density at radius 1 is 1.29 bits per heavy atom. The Morgan fingerprint density at radius 3 is 2.86 bits per heavy atom. The molecular formula is C18H18N8OS. The van der Waals surface area contributed by atoms with Crippen molar-refractivity contribution in [1.82, 2.24) is 39.5 Å². The van der Waals surface area contributed by atoms with E-state index in [0.29, 0.717) is 22.5 Å². The number of carbonyl (C=O) groups excluding carboxylic acids is 1. The summed E-state index contributed by atoms with van der Waals surface area (Å²) in [7, 11) is 1.88. The molecule has 1 N–H and O–H groups in total. The molecule has 4 aromatic rings. The summed E-state index contributed by atoms with van der Waals surface area (Å²) in [4.78, 5) is 21.1. The molecule has 4 aromatic heterocycles. The van der Waals surface area contributed by atoms with Crippen LogP contribution in [-0.4, -0.2) is 51.0 Å². The van der Waals surface area contributed by atoms with Crippen LogP contribution in [0.4, 0.5) is 0 Å². The summed E-state index contributed by atoms with van der Waals surface area (Å²) in [6.45, 7) is 3.83. The number of ketones is 1. The van der Waals surface area contributed by atoms with E-state index in [1.54, 1.807) is 12.4 Å². The van der Waals surface area contributed by atoms with Crippen LogP contribution in [0.3, 0.4) is 0 Å². The third-order valence-electron chi connectivity index (χ3n) is 4.43. The molecule has 0 aliphatic rings. The van der Waals surface area contributed by atoms with Gasteiger partial charge in [-0.1, -0.05) is 11.8 Å². The van der Waals surface area contributed by atoms with E-state index in [-0.39, 0.29) is 11.5 Å². The van der Waals surface area contributed by atoms with E-state index in [9.17, 15) is 4.79 Å². The molecule has 0 saturated carbocycles. The van der Waals surface area contributed by atoms with E-state index in [2.05, 4.69) is 30.4 Å². The first-order chi connectivity index (χ1) is 13.6. The molecule has 9 nitrogen and oxygen atoms in total. The van der Waals surface area contributed by atoms with Gasteiger partial charge in [-0.05, 0) is 32.0 Å². The maximum atomic E-state index is 12.8. The molecule has 0 saturated heterocycles. The minimum Gasteiger partial charge on any atom is -0.305 e. The lowest BCUT2D eigenvalue weighted by molar-refractivity contribution is 0.102. The molecule has 10 heteroatoms. The van der Waals surface area contributed by atoms with E-state index < -0.39 is 0 Å². The van der Waals surface area contributed by atoms with Crippen molar-refractivity contribution in [2.45, 2.75) is 19.0 Å². The summed E-state index contributed by atoms with van der Waals surface area (Å²) in [6.07, 6.45) is 4.89. The largest absolute Gasteiger partial charge is 0.305 e. The molecule has 0 aliphatic heterocycles. The average Bonchev–Trinajstić information content (AvgIpc) is 3.41. The lowest BCUT2D eigenvalue weighted by atomic mass is 10.2. The fraction of sp³-hybridized carbons (Fsp3) is 0.222. The molecule has 0 fully saturated rings. The minimum atomic E-state index is 0.0230. The molecule has 0 amide bonds. The van der Waals surface area contributed by atoms with Gasteiger partial charge in [0.25, 0.3) is 0 Å². The second-order valence-electron chi connectivity index (χ2n) is 6.25. The molecule has 0 aliphatic carbocycles. The molecular weight excluding hydrogens is 376 g/mol. The van der Waals surface area contributed by atoms with E-state index in [1.807, 2.05) is 48.2 Å². The number of aromatic amines is 1. The Bertz CT molecular complexity index is 1110. The molecule has 0 radical (unpaired) electrons. The van der Waals surface area contributed by atoms with Crippen LogP contribution in [0.15, 0.2) is 42.1 Å². The van der Waals surface area contributed by atoms with Crippen molar-refractivity contribution in [3.8, 4) is 17.3 Å². The molecule has 0 spiro atoms. The van der Waals surface area contributed by atoms with E-state index in [4.69, 9.17) is 0 Å². The van der Waals surface area contributed by atoms with Crippen molar-refractivity contribution in [1.29, 1.82) is 0 Å². The zero-order valence-corrected chi connectivity index (χ0v) is 16.4. The van der Waals surface area contributed by atoms with Crippen molar-refractivity contribution in [3.05, 3.63) is 53.9 Å². The lowest BCUT2D eigenvalue weighted by Crippen LogP contribution is -2.07. The average molecular weight is 394 g/mol. The van der Waals surface area contributed by atoms with Gasteiger partial charge < -0.3 is 4.57 Å². The number of aromatic nitrogens is 8. The first-order valence-electron chi connectivity index (χ1n) is 8.56. The lowest BCUT2D eigenvalue weighted by Gasteiger charge is -2.05. The third-order valence-corrected chi connectivity index (χ3v) is 5.45. The van der Waals surface area contributed by atoms with Crippen LogP contribution in [0.25, 0.3) is 17.3 Å². The Kier molecular flexibility index (Phi) is 4.78. The Hall–Kier alpha value is -3.27. The highest BCUT2D eigenvalue weighted by Gasteiger charge is 2.19. The van der Waals surface area contributed by atoms with Crippen LogP contribution in [0.1, 0.15) is 21.7 Å². The monoisotopic (exact) mass is 394 g/mol. The molecule has 0 aromatic carbocycles. The number of thioether (sulfide) groups is 1. The van der Waals surface area contributed by atoms with Crippen molar-refractivity contribution < 1.29 is 4.79 Å². The molecule has 28 heavy (non-hydrogen) atoms. The predicted molar refractivity (Wildman–Crippen MR) is 104 cm³/mol. The molecule has 0 unspecified atom stereocenters. The predicted octanol–water partition coefficient (Wildman–Crippen LogP) is 2.38. The van der Waals surface area contributed by atoms with Crippen molar-refractivity contribution in [2.24, 2.45) is 7.05 Å². The highest BCUT2D eigenvalue weighted by Crippen LogP contribution is 2.24. The number of pyridine rings is 1. The maximum Gasteiger partial charge on any atom is 0.229 e. The normalized spacial score (nSPS) is 11.1. The molecule has 0 bridgehead atoms. The zero-order valence-electron chi connectivity index (χ0n) is 15.6. The van der Waals surface area contributed by atoms with Crippen molar-refractivity contribution in [3.63, 3.8) is 0 Å². The second kappa shape index (κ2) is 7.39. The van der Waals surface area contributed by atoms with Gasteiger partial charge in [0.2, 0.25) is 5.95 Å². The first kappa shape index (κ1) is 18.1. The van der Waals surface area contributed by atoms with Gasteiger partial charge in [0.15, 0.2) is 16.8 Å². The van der Waals surface area contributed by atoms with Crippen LogP contribution < -0.4 is 0 Å². The molecule has 0 atom stereocenters. The minimum absolute atomic E-state index is 0.0230. The van der Waals surface area contributed by atoms with E-state index >= 15 is 0 Å². The van der Waals surface area contributed by atoms with Crippen molar-refractivity contribution >= 4 is 17.5 Å². The Morgan fingerprint density at radius 2 is 2.14 bits per heavy atom. The van der Waals surface area contributed by atoms with Gasteiger partial charge in [-0.25, -0.2) is 5.10 Å². The summed E-state index contributed by atoms with van der Waals surface area (Å²) in [5.74, 6) is 1.59. The summed E-state index contributed by atoms with van der Waals surface area (Å²) in [6, 6.07) is 5.65. The molecule has 142 valence electrons. The molecule has 4 rings (SSSR count). The summed E-state index contributed by atoms with van der Waals surface area (Å²) in [5, 5.41) is 15.8. The zero-order chi connectivity index (χ0) is 19.7. The van der Waals surface area contributed by atoms with Crippen LogP contribution in [0.2, 0.25) is 0 Å². The highest BCUT2D eigenvalue weighted by molar-refractivity contribution is 7.99. The fourth-order valence-electron chi connectivity index (χ4n) is 3.07. The quantitative estimate of drug-likeness (QED) is 0.395. The number of aryl methyl sites for hydroxylation is 1. The molecule has 4 heterocycles. The number of rotatable bonds is 6. The van der Waals surface area contributed by atoms with Gasteiger partial charge in [-0.15, -0.1) is 10.2 Å². The highest BCUT2D eigenvalue weighted by atomic mass is 32.2. The van der Waals surface area contributed by atoms with Crippen LogP contribution >= 0.6 is 11.8 Å². The number of hydrogen-bond donors (Lipinski definition) is 1. The third kappa shape index (κ3) is 3.22. The fourth-order valence-corrected chi connectivity index (χ4v) is 3.87. The number of Topliss-reactive ketones (excluding diaryl/α,β-unsaturated/α-hetero) is 1. The number of carbonyl (C=O) groups is 1. The smallest absolute Gasteiger partial charge is 0.229 e. The summed E-state index contributed by atoms with van der Waals surface area (Å²) in [5.41, 5.74) is 3.29. The number of H-pyrrole nitrogens is 1. The summed E-state index contributed by atoms with van der Waals surface area (Å²) < 4.78 is 3.75. The Labute approximate surface area is 165 Å². The van der Waals surface area contributed by atoms with E-state index in [1.165, 1.54) is 18.1 Å². The summed E-state index contributed by atoms with van der Waals surface area (Å²) >= 11 is 1.36. The first-order valence-corrected chi connectivity index (χ1v) is 9.55. The number of nitrogens with zero attached hydrogens (tertiary/aromatic N) is 7. The van der Waals surface area contributed by atoms with Gasteiger partial charge in [0.1, 0.15) is 6.33 Å². The maximum absolute atomic E-state index is 12.8. The second-order valence-corrected chi connectivity index (χ2v) is 7.19. The number of nitrogens with one attached hydrogen (secondary N) is 1. The van der Waals surface area contributed by atoms with Gasteiger partial charge in [0, 0.05) is 42.0 Å². The standard InChI is InChI=1S/C18H18N8OS/c1-11-7-14(12(2)26(11)17-20-10-21-23-17)15(27)9-28-18-24-22-16(25(18)3)13-5-4-6-19-8-13/h4-8,10H,9H2,1-3H3,(H,20,21,23). The van der Waals surface area contributed by atoms with Crippen LogP contribution in [0, 0.1) is 13.8 Å². The number of hydrogen-bond acceptors (Lipinski definition) is 7. The van der Waals surface area contributed by atoms with Gasteiger partial charge in [0.05, 0.1) is 5.75 Å². The van der Waals surface area contributed by atoms with Gasteiger partial charge >= 0.3 is 0 Å². The van der Waals surface area contributed by atoms with Gasteiger partial charge in [-0.2, -0.15) is 10.1 Å². The Balaban J connectivity index is 1.52. The topological polar surface area (TPSA) is 107 Å². The van der Waals surface area contributed by atoms with Crippen LogP contribution in [-0.2, 0) is 7.05 Å². The van der Waals surface area contributed by atoms with Gasteiger partial charge in [-0.3, -0.25) is 14.3 Å². The van der Waals surface area contributed by atoms with Crippen molar-refractivity contribution in [2.75, 3.05) is 5.75 Å². The van der Waals surface area contributed by atoms with E-state index in [0.717, 1.165) is 17.0 Å². The van der Waals surface area contributed by atoms with Crippen LogP contribution in [0.5, 0.6) is 0 Å².